The number of morpholine rings is 1. The number of pyridine rings is 1. The Kier molecular flexibility index (Phi) is 4.73. The van der Waals surface area contributed by atoms with Crippen LogP contribution in [0.25, 0.3) is 11.1 Å². The summed E-state index contributed by atoms with van der Waals surface area (Å²) in [5, 5.41) is 0. The first-order valence-electron chi connectivity index (χ1n) is 8.82. The van der Waals surface area contributed by atoms with Crippen LogP contribution >= 0.6 is 0 Å². The quantitative estimate of drug-likeness (QED) is 0.903. The van der Waals surface area contributed by atoms with Crippen molar-refractivity contribution in [2.24, 2.45) is 5.73 Å². The van der Waals surface area contributed by atoms with E-state index in [1.807, 2.05) is 36.5 Å². The summed E-state index contributed by atoms with van der Waals surface area (Å²) >= 11 is 0. The van der Waals surface area contributed by atoms with E-state index in [9.17, 15) is 4.79 Å². The fourth-order valence-corrected chi connectivity index (χ4v) is 3.33. The number of cyclic esters (lactones) is 1. The highest BCUT2D eigenvalue weighted by Gasteiger charge is 2.31. The second-order valence-electron chi connectivity index (χ2n) is 6.37. The molecule has 4 rings (SSSR count). The summed E-state index contributed by atoms with van der Waals surface area (Å²) in [6.07, 6.45) is 1.23. The summed E-state index contributed by atoms with van der Waals surface area (Å²) in [7, 11) is 0. The number of benzene rings is 1. The number of nitrogens with zero attached hydrogens (tertiary/aromatic N) is 3. The van der Waals surface area contributed by atoms with Gasteiger partial charge in [-0.25, -0.2) is 9.78 Å². The number of carbonyl (C=O) groups excluding carboxylic acids is 1. The van der Waals surface area contributed by atoms with Crippen LogP contribution in [0.4, 0.5) is 16.3 Å². The van der Waals surface area contributed by atoms with Crippen LogP contribution < -0.4 is 15.5 Å². The van der Waals surface area contributed by atoms with Gasteiger partial charge in [0.25, 0.3) is 0 Å². The van der Waals surface area contributed by atoms with Gasteiger partial charge >= 0.3 is 6.09 Å². The molecule has 1 aromatic carbocycles. The second kappa shape index (κ2) is 7.31. The standard InChI is InChI=1S/C19H22N4O3/c20-12-16-13-23(19(24)26-16)15-5-3-14(4-6-15)17-2-1-7-21-18(17)22-8-10-25-11-9-22/h1-7,16H,8-13,20H2/t16-/m0/s1. The maximum Gasteiger partial charge on any atom is 0.414 e. The summed E-state index contributed by atoms with van der Waals surface area (Å²) in [5.41, 5.74) is 8.55. The van der Waals surface area contributed by atoms with Gasteiger partial charge in [0, 0.05) is 37.1 Å². The maximum atomic E-state index is 12.0. The Bertz CT molecular complexity index is 775. The number of aromatic nitrogens is 1. The molecule has 2 aliphatic rings. The first-order valence-corrected chi connectivity index (χ1v) is 8.82. The molecule has 2 aromatic rings. The van der Waals surface area contributed by atoms with Gasteiger partial charge in [-0.05, 0) is 29.8 Å². The highest BCUT2D eigenvalue weighted by atomic mass is 16.6. The van der Waals surface area contributed by atoms with Crippen molar-refractivity contribution in [3.8, 4) is 11.1 Å². The molecule has 0 unspecified atom stereocenters. The second-order valence-corrected chi connectivity index (χ2v) is 6.37. The molecule has 2 fully saturated rings. The molecule has 7 heteroatoms. The Balaban J connectivity index is 1.59. The molecule has 1 amide bonds. The molecule has 2 aliphatic heterocycles. The predicted octanol–water partition coefficient (Wildman–Crippen LogP) is 1.87. The van der Waals surface area contributed by atoms with Gasteiger partial charge in [0.15, 0.2) is 0 Å². The minimum atomic E-state index is -0.344. The van der Waals surface area contributed by atoms with Gasteiger partial charge < -0.3 is 20.1 Å². The predicted molar refractivity (Wildman–Crippen MR) is 99.4 cm³/mol. The van der Waals surface area contributed by atoms with Crippen molar-refractivity contribution in [3.05, 3.63) is 42.6 Å². The fourth-order valence-electron chi connectivity index (χ4n) is 3.33. The van der Waals surface area contributed by atoms with Crippen molar-refractivity contribution >= 4 is 17.6 Å². The largest absolute Gasteiger partial charge is 0.443 e. The lowest BCUT2D eigenvalue weighted by molar-refractivity contribution is 0.122. The van der Waals surface area contributed by atoms with Gasteiger partial charge in [0.1, 0.15) is 11.9 Å². The van der Waals surface area contributed by atoms with E-state index in [1.54, 1.807) is 4.90 Å². The summed E-state index contributed by atoms with van der Waals surface area (Å²) < 4.78 is 10.7. The highest BCUT2D eigenvalue weighted by Crippen LogP contribution is 2.31. The number of carbonyl (C=O) groups is 1. The monoisotopic (exact) mass is 354 g/mol. The van der Waals surface area contributed by atoms with Gasteiger partial charge in [-0.2, -0.15) is 0 Å². The SMILES string of the molecule is NC[C@H]1CN(c2ccc(-c3cccnc3N3CCOCC3)cc2)C(=O)O1. The smallest absolute Gasteiger partial charge is 0.414 e. The molecule has 1 aromatic heterocycles. The fraction of sp³-hybridized carbons (Fsp3) is 0.368. The number of rotatable bonds is 4. The third-order valence-electron chi connectivity index (χ3n) is 4.72. The number of amides is 1. The average Bonchev–Trinajstić information content (AvgIpc) is 3.10. The van der Waals surface area contributed by atoms with Crippen LogP contribution in [0.5, 0.6) is 0 Å². The lowest BCUT2D eigenvalue weighted by atomic mass is 10.1. The molecule has 2 N–H and O–H groups in total. The van der Waals surface area contributed by atoms with E-state index in [0.29, 0.717) is 26.3 Å². The van der Waals surface area contributed by atoms with Crippen molar-refractivity contribution < 1.29 is 14.3 Å². The van der Waals surface area contributed by atoms with E-state index in [4.69, 9.17) is 15.2 Å². The van der Waals surface area contributed by atoms with Crippen molar-refractivity contribution in [1.82, 2.24) is 4.98 Å². The Labute approximate surface area is 152 Å². The highest BCUT2D eigenvalue weighted by molar-refractivity contribution is 5.90. The van der Waals surface area contributed by atoms with E-state index in [2.05, 4.69) is 16.0 Å². The van der Waals surface area contributed by atoms with Gasteiger partial charge in [-0.1, -0.05) is 12.1 Å². The Hall–Kier alpha value is -2.64. The summed E-state index contributed by atoms with van der Waals surface area (Å²) in [6, 6.07) is 11.9. The van der Waals surface area contributed by atoms with E-state index >= 15 is 0 Å². The number of nitrogens with two attached hydrogens (primary N) is 1. The zero-order chi connectivity index (χ0) is 17.9. The molecule has 0 radical (unpaired) electrons. The van der Waals surface area contributed by atoms with E-state index in [0.717, 1.165) is 35.7 Å². The molecule has 0 saturated carbocycles. The van der Waals surface area contributed by atoms with Crippen LogP contribution in [-0.2, 0) is 9.47 Å². The Morgan fingerprint density at radius 3 is 2.62 bits per heavy atom. The van der Waals surface area contributed by atoms with Crippen LogP contribution in [0.3, 0.4) is 0 Å². The maximum absolute atomic E-state index is 12.0. The van der Waals surface area contributed by atoms with E-state index < -0.39 is 0 Å². The molecular weight excluding hydrogens is 332 g/mol. The third kappa shape index (κ3) is 3.23. The third-order valence-corrected chi connectivity index (χ3v) is 4.72. The molecule has 1 atom stereocenters. The van der Waals surface area contributed by atoms with Crippen molar-refractivity contribution in [1.29, 1.82) is 0 Å². The zero-order valence-electron chi connectivity index (χ0n) is 14.5. The summed E-state index contributed by atoms with van der Waals surface area (Å²) in [5.74, 6) is 0.965. The molecule has 0 spiro atoms. The molecular formula is C19H22N4O3. The van der Waals surface area contributed by atoms with Crippen LogP contribution in [0.1, 0.15) is 0 Å². The van der Waals surface area contributed by atoms with Gasteiger partial charge in [-0.15, -0.1) is 0 Å². The molecule has 0 aliphatic carbocycles. The van der Waals surface area contributed by atoms with Gasteiger partial charge in [0.05, 0.1) is 19.8 Å². The summed E-state index contributed by atoms with van der Waals surface area (Å²) in [4.78, 5) is 20.4. The molecule has 0 bridgehead atoms. The number of anilines is 2. The van der Waals surface area contributed by atoms with Gasteiger partial charge in [-0.3, -0.25) is 4.90 Å². The zero-order valence-corrected chi connectivity index (χ0v) is 14.5. The first-order chi connectivity index (χ1) is 12.8. The molecule has 2 saturated heterocycles. The number of hydrogen-bond acceptors (Lipinski definition) is 6. The lowest BCUT2D eigenvalue weighted by Crippen LogP contribution is -2.37. The first kappa shape index (κ1) is 16.8. The van der Waals surface area contributed by atoms with Crippen LogP contribution in [0, 0.1) is 0 Å². The number of hydrogen-bond donors (Lipinski definition) is 1. The normalized spacial score (nSPS) is 20.3. The topological polar surface area (TPSA) is 80.9 Å². The molecule has 136 valence electrons. The minimum absolute atomic E-state index is 0.242. The van der Waals surface area contributed by atoms with Crippen molar-refractivity contribution in [3.63, 3.8) is 0 Å². The van der Waals surface area contributed by atoms with Crippen LogP contribution in [-0.4, -0.2) is 56.6 Å². The van der Waals surface area contributed by atoms with Crippen LogP contribution in [0.2, 0.25) is 0 Å². The summed E-state index contributed by atoms with van der Waals surface area (Å²) in [6.45, 7) is 3.92. The Morgan fingerprint density at radius 2 is 1.92 bits per heavy atom. The van der Waals surface area contributed by atoms with E-state index in [-0.39, 0.29) is 12.2 Å². The van der Waals surface area contributed by atoms with E-state index in [1.165, 1.54) is 0 Å². The lowest BCUT2D eigenvalue weighted by Gasteiger charge is -2.29. The van der Waals surface area contributed by atoms with Crippen molar-refractivity contribution in [2.75, 3.05) is 49.2 Å². The van der Waals surface area contributed by atoms with Crippen molar-refractivity contribution in [2.45, 2.75) is 6.10 Å². The minimum Gasteiger partial charge on any atom is -0.443 e. The molecule has 3 heterocycles. The van der Waals surface area contributed by atoms with Gasteiger partial charge in [0.2, 0.25) is 0 Å². The molecule has 26 heavy (non-hydrogen) atoms. The average molecular weight is 354 g/mol. The van der Waals surface area contributed by atoms with Crippen LogP contribution in [0.15, 0.2) is 42.6 Å². The number of ether oxygens (including phenoxy) is 2. The molecule has 7 nitrogen and oxygen atoms in total. The Morgan fingerprint density at radius 1 is 1.15 bits per heavy atom.